The lowest BCUT2D eigenvalue weighted by Gasteiger charge is -2.45. The molecule has 0 radical (unpaired) electrons. The van der Waals surface area contributed by atoms with Gasteiger partial charge in [-0.3, -0.25) is 0 Å². The number of esters is 4. The van der Waals surface area contributed by atoms with Crippen LogP contribution in [-0.4, -0.2) is 70.7 Å². The van der Waals surface area contributed by atoms with Gasteiger partial charge in [-0.2, -0.15) is 0 Å². The van der Waals surface area contributed by atoms with E-state index in [9.17, 15) is 29.4 Å². The van der Waals surface area contributed by atoms with E-state index in [1.54, 1.807) is 72.8 Å². The van der Waals surface area contributed by atoms with Crippen LogP contribution in [0.25, 0.3) is 0 Å². The van der Waals surface area contributed by atoms with Gasteiger partial charge in [0.1, 0.15) is 12.2 Å². The van der Waals surface area contributed by atoms with Gasteiger partial charge in [0.15, 0.2) is 24.4 Å². The summed E-state index contributed by atoms with van der Waals surface area (Å²) in [6.45, 7) is 0. The second-order valence-electron chi connectivity index (χ2n) is 9.92. The van der Waals surface area contributed by atoms with Crippen molar-refractivity contribution >= 4 is 23.9 Å². The zero-order valence-corrected chi connectivity index (χ0v) is 23.2. The second-order valence-corrected chi connectivity index (χ2v) is 9.92. The Labute approximate surface area is 252 Å². The number of benzene rings is 4. The first-order valence-corrected chi connectivity index (χ1v) is 13.7. The molecule has 0 amide bonds. The Morgan fingerprint density at radius 1 is 0.364 bits per heavy atom. The molecule has 6 atom stereocenters. The molecule has 1 saturated carbocycles. The van der Waals surface area contributed by atoms with E-state index in [1.807, 2.05) is 0 Å². The van der Waals surface area contributed by atoms with Gasteiger partial charge in [0, 0.05) is 0 Å². The quantitative estimate of drug-likeness (QED) is 0.228. The van der Waals surface area contributed by atoms with Gasteiger partial charge >= 0.3 is 23.9 Å². The second kappa shape index (κ2) is 13.8. The van der Waals surface area contributed by atoms with E-state index in [0.29, 0.717) is 0 Å². The summed E-state index contributed by atoms with van der Waals surface area (Å²) in [6, 6.07) is 31.3. The molecule has 10 heteroatoms. The lowest BCUT2D eigenvalue weighted by atomic mass is 9.84. The topological polar surface area (TPSA) is 146 Å². The van der Waals surface area contributed by atoms with Crippen LogP contribution in [0, 0.1) is 0 Å². The summed E-state index contributed by atoms with van der Waals surface area (Å²) >= 11 is 0. The maximum absolute atomic E-state index is 13.3. The summed E-state index contributed by atoms with van der Waals surface area (Å²) in [5, 5.41) is 22.5. The maximum atomic E-state index is 13.3. The molecule has 0 heterocycles. The van der Waals surface area contributed by atoms with Crippen molar-refractivity contribution in [3.8, 4) is 0 Å². The highest BCUT2D eigenvalue weighted by atomic mass is 16.6. The molecule has 224 valence electrons. The monoisotopic (exact) mass is 596 g/mol. The zero-order valence-electron chi connectivity index (χ0n) is 23.2. The van der Waals surface area contributed by atoms with Crippen LogP contribution in [0.5, 0.6) is 0 Å². The van der Waals surface area contributed by atoms with E-state index < -0.39 is 60.5 Å². The van der Waals surface area contributed by atoms with E-state index in [0.717, 1.165) is 0 Å². The fourth-order valence-electron chi connectivity index (χ4n) is 4.76. The number of carbonyl (C=O) groups is 4. The summed E-state index contributed by atoms with van der Waals surface area (Å²) in [7, 11) is 0. The van der Waals surface area contributed by atoms with Crippen molar-refractivity contribution in [3.63, 3.8) is 0 Å². The Morgan fingerprint density at radius 2 is 0.568 bits per heavy atom. The number of aliphatic hydroxyl groups excluding tert-OH is 2. The molecule has 0 aliphatic heterocycles. The van der Waals surface area contributed by atoms with E-state index in [1.165, 1.54) is 48.5 Å². The minimum absolute atomic E-state index is 0.104. The van der Waals surface area contributed by atoms with Gasteiger partial charge in [0.2, 0.25) is 0 Å². The van der Waals surface area contributed by atoms with Gasteiger partial charge in [0.05, 0.1) is 22.3 Å². The molecule has 1 aliphatic rings. The van der Waals surface area contributed by atoms with Gasteiger partial charge in [0.25, 0.3) is 0 Å². The lowest BCUT2D eigenvalue weighted by molar-refractivity contribution is -0.223. The average Bonchev–Trinajstić information content (AvgIpc) is 3.08. The molecular weight excluding hydrogens is 568 g/mol. The van der Waals surface area contributed by atoms with E-state index in [4.69, 9.17) is 18.9 Å². The molecule has 4 aromatic rings. The van der Waals surface area contributed by atoms with Crippen LogP contribution in [0.4, 0.5) is 0 Å². The fraction of sp³-hybridized carbons (Fsp3) is 0.176. The van der Waals surface area contributed by atoms with Gasteiger partial charge in [-0.1, -0.05) is 72.8 Å². The average molecular weight is 597 g/mol. The summed E-state index contributed by atoms with van der Waals surface area (Å²) in [5.74, 6) is -3.63. The number of hydrogen-bond donors (Lipinski definition) is 2. The molecule has 44 heavy (non-hydrogen) atoms. The van der Waals surface area contributed by atoms with Crippen molar-refractivity contribution in [2.75, 3.05) is 0 Å². The highest BCUT2D eigenvalue weighted by Gasteiger charge is 2.57. The summed E-state index contributed by atoms with van der Waals surface area (Å²) < 4.78 is 22.7. The number of hydrogen-bond acceptors (Lipinski definition) is 10. The first-order valence-electron chi connectivity index (χ1n) is 13.7. The van der Waals surface area contributed by atoms with Crippen LogP contribution in [0.15, 0.2) is 121 Å². The smallest absolute Gasteiger partial charge is 0.338 e. The third kappa shape index (κ3) is 6.83. The highest BCUT2D eigenvalue weighted by molar-refractivity contribution is 5.92. The van der Waals surface area contributed by atoms with Crippen molar-refractivity contribution in [1.29, 1.82) is 0 Å². The number of rotatable bonds is 8. The Hall–Kier alpha value is -5.32. The fourth-order valence-corrected chi connectivity index (χ4v) is 4.76. The van der Waals surface area contributed by atoms with Crippen LogP contribution in [0.1, 0.15) is 41.4 Å². The van der Waals surface area contributed by atoms with Crippen LogP contribution >= 0.6 is 0 Å². The molecule has 5 rings (SSSR count). The van der Waals surface area contributed by atoms with Crippen LogP contribution < -0.4 is 0 Å². The molecule has 1 fully saturated rings. The number of carbonyl (C=O) groups excluding carboxylic acids is 4. The largest absolute Gasteiger partial charge is 0.452 e. The van der Waals surface area contributed by atoms with Gasteiger partial charge in [-0.15, -0.1) is 0 Å². The Kier molecular flexibility index (Phi) is 9.43. The van der Waals surface area contributed by atoms with Crippen molar-refractivity contribution in [3.05, 3.63) is 144 Å². The van der Waals surface area contributed by atoms with Crippen molar-refractivity contribution in [2.45, 2.75) is 36.6 Å². The lowest BCUT2D eigenvalue weighted by Crippen LogP contribution is -2.67. The summed E-state index contributed by atoms with van der Waals surface area (Å²) in [6.07, 6.45) is -10.8. The first-order chi connectivity index (χ1) is 21.3. The minimum Gasteiger partial charge on any atom is -0.452 e. The normalized spacial score (nSPS) is 22.7. The van der Waals surface area contributed by atoms with Gasteiger partial charge in [-0.05, 0) is 48.5 Å². The summed E-state index contributed by atoms with van der Waals surface area (Å²) in [5.41, 5.74) is 0.426. The van der Waals surface area contributed by atoms with Crippen LogP contribution in [-0.2, 0) is 18.9 Å². The predicted molar refractivity (Wildman–Crippen MR) is 155 cm³/mol. The van der Waals surface area contributed by atoms with Gasteiger partial charge in [-0.25, -0.2) is 19.2 Å². The molecule has 0 spiro atoms. The van der Waals surface area contributed by atoms with E-state index in [-0.39, 0.29) is 22.3 Å². The highest BCUT2D eigenvalue weighted by Crippen LogP contribution is 2.33. The maximum Gasteiger partial charge on any atom is 0.338 e. The van der Waals surface area contributed by atoms with Crippen LogP contribution in [0.3, 0.4) is 0 Å². The molecule has 0 aromatic heterocycles. The van der Waals surface area contributed by atoms with Crippen LogP contribution in [0.2, 0.25) is 0 Å². The number of aliphatic hydroxyl groups is 2. The Morgan fingerprint density at radius 3 is 0.795 bits per heavy atom. The predicted octanol–water partition coefficient (Wildman–Crippen LogP) is 3.62. The van der Waals surface area contributed by atoms with E-state index >= 15 is 0 Å². The molecule has 0 unspecified atom stereocenters. The summed E-state index contributed by atoms with van der Waals surface area (Å²) in [4.78, 5) is 52.8. The van der Waals surface area contributed by atoms with Crippen molar-refractivity contribution in [1.82, 2.24) is 0 Å². The molecule has 2 N–H and O–H groups in total. The standard InChI is InChI=1S/C34H28O10/c35-25-26(36)28(42-32(38)22-15-7-2-8-16-22)30(44-34(40)24-19-11-4-12-20-24)29(43-33(39)23-17-9-3-10-18-23)27(25)41-31(37)21-13-5-1-6-14-21/h1-20,25-30,35-36H/t25-,26+,27-,28-,29+,30-/m0/s1. The molecular formula is C34H28O10. The van der Waals surface area contributed by atoms with Gasteiger partial charge < -0.3 is 29.2 Å². The van der Waals surface area contributed by atoms with Crippen molar-refractivity contribution < 1.29 is 48.3 Å². The Bertz CT molecular complexity index is 1460. The molecule has 0 bridgehead atoms. The molecule has 4 aromatic carbocycles. The molecule has 0 saturated heterocycles. The molecule has 10 nitrogen and oxygen atoms in total. The third-order valence-electron chi connectivity index (χ3n) is 7.00. The zero-order chi connectivity index (χ0) is 31.1. The first kappa shape index (κ1) is 30.1. The third-order valence-corrected chi connectivity index (χ3v) is 7.00. The minimum atomic E-state index is -1.93. The SMILES string of the molecule is O=C(O[C@@H]1[C@H](OC(=O)c2ccccc2)[C@@H](OC(=O)c2ccccc2)[C@@H](O)[C@@H](O)[C@@H]1OC(=O)c1ccccc1)c1ccccc1. The number of ether oxygens (including phenoxy) is 4. The van der Waals surface area contributed by atoms with Crippen molar-refractivity contribution in [2.24, 2.45) is 0 Å². The molecule has 1 aliphatic carbocycles. The van der Waals surface area contributed by atoms with E-state index in [2.05, 4.69) is 0 Å². The Balaban J connectivity index is 1.55.